The van der Waals surface area contributed by atoms with Gasteiger partial charge in [0.05, 0.1) is 0 Å². The average Bonchev–Trinajstić information content (AvgIpc) is 2.42. The van der Waals surface area contributed by atoms with Gasteiger partial charge in [-0.3, -0.25) is 0 Å². The van der Waals surface area contributed by atoms with Gasteiger partial charge in [-0.05, 0) is 62.6 Å². The lowest BCUT2D eigenvalue weighted by molar-refractivity contribution is 0.389. The zero-order valence-electron chi connectivity index (χ0n) is 12.4. The van der Waals surface area contributed by atoms with Crippen molar-refractivity contribution in [2.24, 2.45) is 0 Å². The van der Waals surface area contributed by atoms with Crippen molar-refractivity contribution >= 4 is 0 Å². The smallest absolute Gasteiger partial charge is 0.0173 e. The minimum Gasteiger partial charge on any atom is -0.313 e. The first kappa shape index (κ1) is 14.3. The van der Waals surface area contributed by atoms with Gasteiger partial charge < -0.3 is 5.32 Å². The van der Waals surface area contributed by atoms with Crippen molar-refractivity contribution in [2.45, 2.75) is 57.9 Å². The molecule has 0 aromatic heterocycles. The molecule has 0 saturated carbocycles. The average molecular weight is 257 g/mol. The van der Waals surface area contributed by atoms with Crippen LogP contribution in [0.25, 0.3) is 0 Å². The van der Waals surface area contributed by atoms with Crippen molar-refractivity contribution in [3.05, 3.63) is 47.5 Å². The Labute approximate surface area is 118 Å². The second-order valence-electron chi connectivity index (χ2n) is 5.92. The predicted molar refractivity (Wildman–Crippen MR) is 83.6 cm³/mol. The van der Waals surface area contributed by atoms with Crippen molar-refractivity contribution in [1.82, 2.24) is 5.32 Å². The van der Waals surface area contributed by atoms with E-state index >= 15 is 0 Å². The van der Waals surface area contributed by atoms with Crippen LogP contribution in [0.2, 0.25) is 0 Å². The van der Waals surface area contributed by atoms with E-state index in [0.29, 0.717) is 12.0 Å². The lowest BCUT2D eigenvalue weighted by Gasteiger charge is -2.33. The fraction of sp³-hybridized carbons (Fsp3) is 0.556. The maximum absolute atomic E-state index is 4.11. The Morgan fingerprint density at radius 3 is 2.95 bits per heavy atom. The van der Waals surface area contributed by atoms with E-state index in [1.54, 1.807) is 11.1 Å². The van der Waals surface area contributed by atoms with E-state index in [4.69, 9.17) is 0 Å². The van der Waals surface area contributed by atoms with E-state index in [-0.39, 0.29) is 0 Å². The van der Waals surface area contributed by atoms with Gasteiger partial charge in [-0.25, -0.2) is 0 Å². The van der Waals surface area contributed by atoms with Crippen molar-refractivity contribution in [3.8, 4) is 0 Å². The molecule has 0 saturated heterocycles. The van der Waals surface area contributed by atoms with E-state index in [9.17, 15) is 0 Å². The predicted octanol–water partition coefficient (Wildman–Crippen LogP) is 4.44. The number of nitrogens with one attached hydrogen (secondary N) is 1. The molecule has 1 aliphatic carbocycles. The van der Waals surface area contributed by atoms with E-state index in [2.05, 4.69) is 50.0 Å². The van der Waals surface area contributed by atoms with Crippen LogP contribution in [-0.4, -0.2) is 12.6 Å². The minimum absolute atomic E-state index is 0.555. The maximum Gasteiger partial charge on any atom is 0.0173 e. The molecular formula is C18H27N. The molecule has 2 atom stereocenters. The summed E-state index contributed by atoms with van der Waals surface area (Å²) in [6.07, 6.45) is 6.17. The zero-order chi connectivity index (χ0) is 13.7. The summed E-state index contributed by atoms with van der Waals surface area (Å²) in [5.74, 6) is 0.660. The number of aryl methyl sites for hydroxylation is 1. The number of hydrogen-bond acceptors (Lipinski definition) is 1. The number of hydrogen-bond donors (Lipinski definition) is 1. The Balaban J connectivity index is 2.19. The highest BCUT2D eigenvalue weighted by atomic mass is 14.9. The quantitative estimate of drug-likeness (QED) is 0.743. The van der Waals surface area contributed by atoms with Crippen LogP contribution in [0.4, 0.5) is 0 Å². The molecule has 1 heteroatoms. The van der Waals surface area contributed by atoms with E-state index in [1.807, 2.05) is 0 Å². The molecular weight excluding hydrogens is 230 g/mol. The first-order chi connectivity index (χ1) is 9.22. The molecule has 0 amide bonds. The highest BCUT2D eigenvalue weighted by Gasteiger charge is 2.27. The molecule has 1 nitrogen and oxygen atoms in total. The van der Waals surface area contributed by atoms with Crippen LogP contribution in [0.1, 0.15) is 56.6 Å². The van der Waals surface area contributed by atoms with Gasteiger partial charge in [0.15, 0.2) is 0 Å². The third-order valence-corrected chi connectivity index (χ3v) is 4.13. The second-order valence-corrected chi connectivity index (χ2v) is 5.92. The van der Waals surface area contributed by atoms with Crippen molar-refractivity contribution in [3.63, 3.8) is 0 Å². The maximum atomic E-state index is 4.11. The Hall–Kier alpha value is -1.08. The number of rotatable bonds is 6. The summed E-state index contributed by atoms with van der Waals surface area (Å²) >= 11 is 0. The largest absolute Gasteiger partial charge is 0.313 e. The van der Waals surface area contributed by atoms with Crippen LogP contribution in [-0.2, 0) is 6.42 Å². The molecule has 0 bridgehead atoms. The molecule has 19 heavy (non-hydrogen) atoms. The fourth-order valence-electron chi connectivity index (χ4n) is 3.27. The normalized spacial score (nSPS) is 19.8. The first-order valence-corrected chi connectivity index (χ1v) is 7.68. The molecule has 0 spiro atoms. The van der Waals surface area contributed by atoms with Gasteiger partial charge in [0.1, 0.15) is 0 Å². The summed E-state index contributed by atoms with van der Waals surface area (Å²) in [6.45, 7) is 9.61. The summed E-state index contributed by atoms with van der Waals surface area (Å²) in [5.41, 5.74) is 4.42. The molecule has 104 valence electrons. The molecule has 2 rings (SSSR count). The third kappa shape index (κ3) is 3.70. The molecule has 2 unspecified atom stereocenters. The van der Waals surface area contributed by atoms with Crippen LogP contribution in [0.3, 0.4) is 0 Å². The fourth-order valence-corrected chi connectivity index (χ4v) is 3.27. The summed E-state index contributed by atoms with van der Waals surface area (Å²) in [7, 11) is 0. The van der Waals surface area contributed by atoms with Crippen LogP contribution in [0.5, 0.6) is 0 Å². The summed E-state index contributed by atoms with van der Waals surface area (Å²) in [5, 5.41) is 3.75. The Kier molecular flexibility index (Phi) is 5.21. The zero-order valence-corrected chi connectivity index (χ0v) is 12.4. The van der Waals surface area contributed by atoms with E-state index in [0.717, 1.165) is 13.0 Å². The van der Waals surface area contributed by atoms with Gasteiger partial charge in [0.25, 0.3) is 0 Å². The molecule has 0 heterocycles. The molecule has 0 radical (unpaired) electrons. The highest BCUT2D eigenvalue weighted by Crippen LogP contribution is 2.35. The first-order valence-electron chi connectivity index (χ1n) is 7.68. The van der Waals surface area contributed by atoms with Gasteiger partial charge in [-0.15, -0.1) is 6.58 Å². The van der Waals surface area contributed by atoms with E-state index in [1.165, 1.54) is 31.3 Å². The van der Waals surface area contributed by atoms with Gasteiger partial charge in [0.2, 0.25) is 0 Å². The lowest BCUT2D eigenvalue weighted by Crippen LogP contribution is -2.37. The monoisotopic (exact) mass is 257 g/mol. The van der Waals surface area contributed by atoms with Gasteiger partial charge in [-0.1, -0.05) is 36.8 Å². The van der Waals surface area contributed by atoms with Crippen molar-refractivity contribution < 1.29 is 0 Å². The molecule has 0 aliphatic heterocycles. The Morgan fingerprint density at radius 1 is 1.42 bits per heavy atom. The van der Waals surface area contributed by atoms with Crippen molar-refractivity contribution in [2.75, 3.05) is 6.54 Å². The van der Waals surface area contributed by atoms with Crippen LogP contribution >= 0.6 is 0 Å². The second kappa shape index (κ2) is 6.91. The minimum atomic E-state index is 0.555. The Morgan fingerprint density at radius 2 is 2.21 bits per heavy atom. The molecule has 1 aromatic rings. The van der Waals surface area contributed by atoms with Crippen LogP contribution < -0.4 is 5.32 Å². The number of fused-ring (bicyclic) bond motifs is 1. The molecule has 1 N–H and O–H groups in total. The third-order valence-electron chi connectivity index (χ3n) is 4.13. The SMILES string of the molecule is C=C(C)CC(NCCC)C1CCCc2ccccc21. The van der Waals surface area contributed by atoms with Crippen LogP contribution in [0.15, 0.2) is 36.4 Å². The standard InChI is InChI=1S/C18H27N/c1-4-12-19-18(13-14(2)3)17-11-7-9-15-8-5-6-10-16(15)17/h5-6,8,10,17-19H,2,4,7,9,11-13H2,1,3H3. The van der Waals surface area contributed by atoms with E-state index < -0.39 is 0 Å². The Bertz CT molecular complexity index is 421. The van der Waals surface area contributed by atoms with Crippen molar-refractivity contribution in [1.29, 1.82) is 0 Å². The highest BCUT2D eigenvalue weighted by molar-refractivity contribution is 5.34. The number of benzene rings is 1. The summed E-state index contributed by atoms with van der Waals surface area (Å²) in [4.78, 5) is 0. The van der Waals surface area contributed by atoms with Gasteiger partial charge in [-0.2, -0.15) is 0 Å². The molecule has 0 fully saturated rings. The molecule has 1 aliphatic rings. The summed E-state index contributed by atoms with van der Waals surface area (Å²) < 4.78 is 0. The lowest BCUT2D eigenvalue weighted by atomic mass is 9.77. The molecule has 1 aromatic carbocycles. The van der Waals surface area contributed by atoms with Gasteiger partial charge in [0, 0.05) is 6.04 Å². The summed E-state index contributed by atoms with van der Waals surface area (Å²) in [6, 6.07) is 9.56. The van der Waals surface area contributed by atoms with Crippen LogP contribution in [0, 0.1) is 0 Å². The topological polar surface area (TPSA) is 12.0 Å². The van der Waals surface area contributed by atoms with Gasteiger partial charge >= 0.3 is 0 Å².